The summed E-state index contributed by atoms with van der Waals surface area (Å²) < 4.78 is 8.77. The van der Waals surface area contributed by atoms with E-state index in [2.05, 4.69) is 102 Å². The van der Waals surface area contributed by atoms with Crippen molar-refractivity contribution < 1.29 is 4.42 Å². The van der Waals surface area contributed by atoms with E-state index in [1.165, 1.54) is 60.2 Å². The molecule has 1 aliphatic rings. The van der Waals surface area contributed by atoms with E-state index in [9.17, 15) is 0 Å². The van der Waals surface area contributed by atoms with E-state index in [4.69, 9.17) is 4.42 Å². The van der Waals surface area contributed by atoms with E-state index in [-0.39, 0.29) is 0 Å². The topological polar surface area (TPSA) is 18.1 Å². The molecule has 7 aromatic rings. The maximum absolute atomic E-state index is 6.28. The third kappa shape index (κ3) is 2.35. The summed E-state index contributed by atoms with van der Waals surface area (Å²) in [5.41, 5.74) is 8.39. The van der Waals surface area contributed by atoms with Gasteiger partial charge in [0.1, 0.15) is 11.2 Å². The van der Waals surface area contributed by atoms with E-state index in [1.807, 2.05) is 6.07 Å². The molecule has 0 fully saturated rings. The number of hydrogen-bond donors (Lipinski definition) is 0. The molecular weight excluding hydrogens is 414 g/mol. The van der Waals surface area contributed by atoms with Crippen molar-refractivity contribution in [2.45, 2.75) is 12.8 Å². The Bertz CT molecular complexity index is 1960. The first-order valence-electron chi connectivity index (χ1n) is 11.9. The molecular formula is C32H21NO. The van der Waals surface area contributed by atoms with Gasteiger partial charge in [-0.15, -0.1) is 0 Å². The van der Waals surface area contributed by atoms with E-state index < -0.39 is 0 Å². The van der Waals surface area contributed by atoms with Gasteiger partial charge in [0.25, 0.3) is 0 Å². The monoisotopic (exact) mass is 435 g/mol. The van der Waals surface area contributed by atoms with Crippen LogP contribution in [0.25, 0.3) is 66.3 Å². The molecule has 0 bridgehead atoms. The van der Waals surface area contributed by atoms with Gasteiger partial charge in [0, 0.05) is 27.2 Å². The van der Waals surface area contributed by atoms with Gasteiger partial charge in [-0.25, -0.2) is 0 Å². The number of furan rings is 1. The Morgan fingerprint density at radius 2 is 1.50 bits per heavy atom. The number of aromatic nitrogens is 1. The predicted octanol–water partition coefficient (Wildman–Crippen LogP) is 8.80. The van der Waals surface area contributed by atoms with Crippen LogP contribution in [-0.2, 0) is 6.42 Å². The summed E-state index contributed by atoms with van der Waals surface area (Å²) in [4.78, 5) is 0. The molecule has 0 aliphatic heterocycles. The molecule has 0 atom stereocenters. The highest BCUT2D eigenvalue weighted by atomic mass is 16.3. The standard InChI is InChI=1S/C32H21NO/c1-2-10-22-19-28-25(18-21(22)9-1)31-27(16-17-30-32(31)24-13-5-6-15-29(24)34-30)33(28)26-14-7-11-20-8-3-4-12-23(20)26/h1-3,5-11,13-19H,4,12H2. The van der Waals surface area contributed by atoms with Gasteiger partial charge in [0.05, 0.1) is 11.0 Å². The van der Waals surface area contributed by atoms with Crippen molar-refractivity contribution in [2.75, 3.05) is 0 Å². The fourth-order valence-electron chi connectivity index (χ4n) is 5.94. The highest BCUT2D eigenvalue weighted by molar-refractivity contribution is 6.28. The average molecular weight is 436 g/mol. The smallest absolute Gasteiger partial charge is 0.136 e. The lowest BCUT2D eigenvalue weighted by atomic mass is 9.95. The van der Waals surface area contributed by atoms with Crippen molar-refractivity contribution in [3.05, 3.63) is 108 Å². The van der Waals surface area contributed by atoms with Crippen molar-refractivity contribution in [2.24, 2.45) is 0 Å². The number of para-hydroxylation sites is 1. The van der Waals surface area contributed by atoms with Crippen LogP contribution in [-0.4, -0.2) is 4.57 Å². The summed E-state index contributed by atoms with van der Waals surface area (Å²) in [5.74, 6) is 0. The van der Waals surface area contributed by atoms with Crippen LogP contribution in [0.15, 0.2) is 101 Å². The van der Waals surface area contributed by atoms with Crippen molar-refractivity contribution in [1.29, 1.82) is 0 Å². The minimum absolute atomic E-state index is 0.939. The first kappa shape index (κ1) is 18.2. The van der Waals surface area contributed by atoms with Crippen molar-refractivity contribution in [3.63, 3.8) is 0 Å². The second kappa shape index (κ2) is 6.61. The molecule has 34 heavy (non-hydrogen) atoms. The quantitative estimate of drug-likeness (QED) is 0.252. The molecule has 2 heteroatoms. The third-order valence-electron chi connectivity index (χ3n) is 7.42. The number of fused-ring (bicyclic) bond motifs is 9. The summed E-state index contributed by atoms with van der Waals surface area (Å²) >= 11 is 0. The minimum atomic E-state index is 0.939. The number of allylic oxidation sites excluding steroid dienone is 1. The number of rotatable bonds is 1. The summed E-state index contributed by atoms with van der Waals surface area (Å²) in [7, 11) is 0. The molecule has 0 amide bonds. The van der Waals surface area contributed by atoms with Gasteiger partial charge in [-0.3, -0.25) is 0 Å². The number of hydrogen-bond acceptors (Lipinski definition) is 1. The summed E-state index contributed by atoms with van der Waals surface area (Å²) in [5, 5.41) is 7.45. The third-order valence-corrected chi connectivity index (χ3v) is 7.42. The maximum atomic E-state index is 6.28. The van der Waals surface area contributed by atoms with Gasteiger partial charge in [0.15, 0.2) is 0 Å². The molecule has 0 unspecified atom stereocenters. The molecule has 2 heterocycles. The van der Waals surface area contributed by atoms with Crippen LogP contribution in [0, 0.1) is 0 Å². The van der Waals surface area contributed by atoms with Gasteiger partial charge in [-0.2, -0.15) is 0 Å². The summed E-state index contributed by atoms with van der Waals surface area (Å²) in [6.07, 6.45) is 6.70. The van der Waals surface area contributed by atoms with E-state index in [1.54, 1.807) is 0 Å². The molecule has 5 aromatic carbocycles. The predicted molar refractivity (Wildman–Crippen MR) is 143 cm³/mol. The van der Waals surface area contributed by atoms with Crippen molar-refractivity contribution >= 4 is 60.6 Å². The molecule has 0 N–H and O–H groups in total. The normalized spacial score (nSPS) is 13.5. The zero-order valence-electron chi connectivity index (χ0n) is 18.6. The molecule has 2 aromatic heterocycles. The SMILES string of the molecule is C1=Cc2cccc(-n3c4cc5ccccc5cc4c4c5c(ccc43)oc3ccccc35)c2CC1. The lowest BCUT2D eigenvalue weighted by Gasteiger charge is -2.18. The molecule has 0 radical (unpaired) electrons. The van der Waals surface area contributed by atoms with Gasteiger partial charge < -0.3 is 8.98 Å². The lowest BCUT2D eigenvalue weighted by molar-refractivity contribution is 0.669. The first-order chi connectivity index (χ1) is 16.9. The average Bonchev–Trinajstić information content (AvgIpc) is 3.42. The highest BCUT2D eigenvalue weighted by Gasteiger charge is 2.21. The van der Waals surface area contributed by atoms with Crippen LogP contribution >= 0.6 is 0 Å². The molecule has 160 valence electrons. The number of nitrogens with zero attached hydrogens (tertiary/aromatic N) is 1. The molecule has 2 nitrogen and oxygen atoms in total. The number of benzene rings is 5. The molecule has 8 rings (SSSR count). The molecule has 0 spiro atoms. The minimum Gasteiger partial charge on any atom is -0.456 e. The van der Waals surface area contributed by atoms with Crippen LogP contribution in [0.2, 0.25) is 0 Å². The Balaban J connectivity index is 1.64. The Morgan fingerprint density at radius 1 is 0.647 bits per heavy atom. The molecule has 1 aliphatic carbocycles. The van der Waals surface area contributed by atoms with Crippen LogP contribution in [0.1, 0.15) is 17.5 Å². The van der Waals surface area contributed by atoms with Gasteiger partial charge in [0.2, 0.25) is 0 Å². The lowest BCUT2D eigenvalue weighted by Crippen LogP contribution is -2.03. The zero-order valence-corrected chi connectivity index (χ0v) is 18.6. The fraction of sp³-hybridized carbons (Fsp3) is 0.0625. The Kier molecular flexibility index (Phi) is 3.53. The van der Waals surface area contributed by atoms with Crippen LogP contribution in [0.3, 0.4) is 0 Å². The summed E-state index contributed by atoms with van der Waals surface area (Å²) in [6.45, 7) is 0. The van der Waals surface area contributed by atoms with Gasteiger partial charge in [-0.05, 0) is 71.1 Å². The van der Waals surface area contributed by atoms with Gasteiger partial charge >= 0.3 is 0 Å². The van der Waals surface area contributed by atoms with E-state index >= 15 is 0 Å². The zero-order chi connectivity index (χ0) is 22.2. The van der Waals surface area contributed by atoms with Crippen LogP contribution in [0.4, 0.5) is 0 Å². The van der Waals surface area contributed by atoms with E-state index in [0.29, 0.717) is 0 Å². The van der Waals surface area contributed by atoms with E-state index in [0.717, 1.165) is 24.0 Å². The second-order valence-corrected chi connectivity index (χ2v) is 9.27. The highest BCUT2D eigenvalue weighted by Crippen LogP contribution is 2.43. The van der Waals surface area contributed by atoms with Crippen molar-refractivity contribution in [3.8, 4) is 5.69 Å². The molecule has 0 saturated carbocycles. The Hall–Kier alpha value is -4.30. The first-order valence-corrected chi connectivity index (χ1v) is 11.9. The van der Waals surface area contributed by atoms with Gasteiger partial charge in [-0.1, -0.05) is 66.7 Å². The Labute approximate surface area is 196 Å². The Morgan fingerprint density at radius 3 is 2.44 bits per heavy atom. The maximum Gasteiger partial charge on any atom is 0.136 e. The van der Waals surface area contributed by atoms with Crippen molar-refractivity contribution in [1.82, 2.24) is 4.57 Å². The molecule has 0 saturated heterocycles. The van der Waals surface area contributed by atoms with Crippen LogP contribution < -0.4 is 0 Å². The van der Waals surface area contributed by atoms with Crippen LogP contribution in [0.5, 0.6) is 0 Å². The second-order valence-electron chi connectivity index (χ2n) is 9.27. The summed E-state index contributed by atoms with van der Waals surface area (Å²) in [6, 6.07) is 32.9. The fourth-order valence-corrected chi connectivity index (χ4v) is 5.94. The largest absolute Gasteiger partial charge is 0.456 e.